The van der Waals surface area contributed by atoms with E-state index in [1.54, 1.807) is 20.0 Å². The number of nitrogens with zero attached hydrogens (tertiary/aromatic N) is 2. The van der Waals surface area contributed by atoms with Gasteiger partial charge in [-0.25, -0.2) is 0 Å². The molecule has 6 nitrogen and oxygen atoms in total. The van der Waals surface area contributed by atoms with Gasteiger partial charge >= 0.3 is 0 Å². The normalized spacial score (nSPS) is 22.8. The Kier molecular flexibility index (Phi) is 4.35. The number of hydrogen-bond donors (Lipinski definition) is 1. The van der Waals surface area contributed by atoms with Gasteiger partial charge in [-0.1, -0.05) is 0 Å². The second-order valence-electron chi connectivity index (χ2n) is 5.64. The Morgan fingerprint density at radius 3 is 2.90 bits per heavy atom. The van der Waals surface area contributed by atoms with Gasteiger partial charge in [0.2, 0.25) is 0 Å². The zero-order valence-corrected chi connectivity index (χ0v) is 12.2. The van der Waals surface area contributed by atoms with Crippen LogP contribution in [0.15, 0.2) is 6.20 Å². The van der Waals surface area contributed by atoms with E-state index in [2.05, 4.69) is 17.2 Å². The second kappa shape index (κ2) is 5.85. The summed E-state index contributed by atoms with van der Waals surface area (Å²) < 4.78 is 5.96. The molecule has 1 atom stereocenters. The van der Waals surface area contributed by atoms with Gasteiger partial charge in [0, 0.05) is 18.3 Å². The molecule has 1 aromatic rings. The smallest absolute Gasteiger partial charge is 0.278 e. The lowest BCUT2D eigenvalue weighted by atomic mass is 9.96. The average Bonchev–Trinajstić information content (AvgIpc) is 2.38. The molecule has 0 radical (unpaired) electrons. The van der Waals surface area contributed by atoms with Crippen molar-refractivity contribution in [2.45, 2.75) is 45.8 Å². The predicted octanol–water partition coefficient (Wildman–Crippen LogP) is 2.27. The van der Waals surface area contributed by atoms with Crippen LogP contribution in [0, 0.1) is 24.0 Å². The fourth-order valence-electron chi connectivity index (χ4n) is 2.59. The lowest BCUT2D eigenvalue weighted by molar-refractivity contribution is -0.386. The zero-order chi connectivity index (χ0) is 14.8. The van der Waals surface area contributed by atoms with Gasteiger partial charge in [0.1, 0.15) is 0 Å². The van der Waals surface area contributed by atoms with Crippen LogP contribution in [0.25, 0.3) is 0 Å². The molecule has 1 aliphatic rings. The number of aryl methyl sites for hydroxylation is 1. The minimum absolute atomic E-state index is 0.144. The van der Waals surface area contributed by atoms with Crippen molar-refractivity contribution in [2.75, 3.05) is 13.1 Å². The molecule has 0 aromatic carbocycles. The van der Waals surface area contributed by atoms with Crippen molar-refractivity contribution in [1.29, 1.82) is 0 Å². The summed E-state index contributed by atoms with van der Waals surface area (Å²) in [4.78, 5) is 15.0. The van der Waals surface area contributed by atoms with Gasteiger partial charge < -0.3 is 10.1 Å². The van der Waals surface area contributed by atoms with E-state index in [0.29, 0.717) is 23.4 Å². The first-order valence-electron chi connectivity index (χ1n) is 6.87. The number of rotatable bonds is 4. The summed E-state index contributed by atoms with van der Waals surface area (Å²) in [5.74, 6) is 0. The lowest BCUT2D eigenvalue weighted by Crippen LogP contribution is -2.45. The molecule has 1 fully saturated rings. The van der Waals surface area contributed by atoms with Crippen LogP contribution in [0.2, 0.25) is 0 Å². The maximum atomic E-state index is 11.1. The molecule has 1 unspecified atom stereocenters. The predicted molar refractivity (Wildman–Crippen MR) is 75.7 cm³/mol. The van der Waals surface area contributed by atoms with Crippen LogP contribution in [0.5, 0.6) is 0 Å². The molecule has 0 bridgehead atoms. The Morgan fingerprint density at radius 2 is 2.30 bits per heavy atom. The van der Waals surface area contributed by atoms with Crippen LogP contribution >= 0.6 is 0 Å². The maximum Gasteiger partial charge on any atom is 0.278 e. The highest BCUT2D eigenvalue weighted by Crippen LogP contribution is 2.27. The molecule has 0 amide bonds. The molecule has 1 saturated heterocycles. The third-order valence-electron chi connectivity index (χ3n) is 3.87. The molecule has 1 N–H and O–H groups in total. The fourth-order valence-corrected chi connectivity index (χ4v) is 2.59. The summed E-state index contributed by atoms with van der Waals surface area (Å²) in [6.45, 7) is 7.64. The van der Waals surface area contributed by atoms with Gasteiger partial charge in [-0.05, 0) is 40.2 Å². The number of aromatic nitrogens is 1. The van der Waals surface area contributed by atoms with Crippen molar-refractivity contribution in [1.82, 2.24) is 10.3 Å². The Balaban J connectivity index is 2.14. The highest BCUT2D eigenvalue weighted by Gasteiger charge is 2.28. The van der Waals surface area contributed by atoms with Gasteiger partial charge in [-0.3, -0.25) is 15.1 Å². The molecule has 0 aliphatic carbocycles. The highest BCUT2D eigenvalue weighted by molar-refractivity contribution is 5.47. The van der Waals surface area contributed by atoms with Crippen LogP contribution in [-0.2, 0) is 11.3 Å². The van der Waals surface area contributed by atoms with Crippen LogP contribution in [-0.4, -0.2) is 28.6 Å². The largest absolute Gasteiger partial charge is 0.368 e. The Hall–Kier alpha value is -1.53. The molecule has 1 aliphatic heterocycles. The monoisotopic (exact) mass is 279 g/mol. The number of pyridine rings is 1. The Morgan fingerprint density at radius 1 is 1.55 bits per heavy atom. The minimum atomic E-state index is -0.347. The van der Waals surface area contributed by atoms with Gasteiger partial charge in [0.05, 0.1) is 28.4 Å². The van der Waals surface area contributed by atoms with E-state index in [0.717, 1.165) is 25.9 Å². The summed E-state index contributed by atoms with van der Waals surface area (Å²) in [6, 6.07) is 0. The summed E-state index contributed by atoms with van der Waals surface area (Å²) in [5, 5.41) is 14.4. The topological polar surface area (TPSA) is 77.3 Å². The number of ether oxygens (including phenoxy) is 1. The first-order chi connectivity index (χ1) is 9.43. The highest BCUT2D eigenvalue weighted by atomic mass is 16.6. The molecule has 110 valence electrons. The molecular formula is C14H21N3O3. The molecule has 1 aromatic heterocycles. The lowest BCUT2D eigenvalue weighted by Gasteiger charge is -2.34. The standard InChI is InChI=1S/C14H21N3O3/c1-10-7-16-12(11(2)13(10)17(18)19)8-20-14(3)5-4-6-15-9-14/h7,15H,4-6,8-9H2,1-3H3. The number of piperidine rings is 1. The molecule has 2 heterocycles. The first kappa shape index (κ1) is 14.9. The zero-order valence-electron chi connectivity index (χ0n) is 12.2. The third kappa shape index (κ3) is 3.13. The summed E-state index contributed by atoms with van der Waals surface area (Å²) >= 11 is 0. The molecule has 6 heteroatoms. The van der Waals surface area contributed by atoms with Gasteiger partial charge in [-0.15, -0.1) is 0 Å². The van der Waals surface area contributed by atoms with E-state index in [1.165, 1.54) is 0 Å². The van der Waals surface area contributed by atoms with Crippen LogP contribution in [0.1, 0.15) is 36.6 Å². The summed E-state index contributed by atoms with van der Waals surface area (Å²) in [6.07, 6.45) is 3.62. The molecule has 0 saturated carbocycles. The average molecular weight is 279 g/mol. The SMILES string of the molecule is Cc1cnc(COC2(C)CCCNC2)c(C)c1[N+](=O)[O-]. The van der Waals surface area contributed by atoms with Crippen LogP contribution in [0.4, 0.5) is 5.69 Å². The first-order valence-corrected chi connectivity index (χ1v) is 6.87. The molecule has 0 spiro atoms. The van der Waals surface area contributed by atoms with E-state index in [1.807, 2.05) is 0 Å². The van der Waals surface area contributed by atoms with Crippen molar-refractivity contribution in [3.63, 3.8) is 0 Å². The number of nitrogens with one attached hydrogen (secondary N) is 1. The third-order valence-corrected chi connectivity index (χ3v) is 3.87. The van der Waals surface area contributed by atoms with E-state index < -0.39 is 0 Å². The molecule has 20 heavy (non-hydrogen) atoms. The second-order valence-corrected chi connectivity index (χ2v) is 5.64. The molecular weight excluding hydrogens is 258 g/mol. The molecule has 2 rings (SSSR count). The van der Waals surface area contributed by atoms with E-state index >= 15 is 0 Å². The maximum absolute atomic E-state index is 11.1. The van der Waals surface area contributed by atoms with Gasteiger partial charge in [-0.2, -0.15) is 0 Å². The minimum Gasteiger partial charge on any atom is -0.368 e. The summed E-state index contributed by atoms with van der Waals surface area (Å²) in [5.41, 5.74) is 1.76. The fraction of sp³-hybridized carbons (Fsp3) is 0.643. The van der Waals surface area contributed by atoms with Crippen molar-refractivity contribution in [3.05, 3.63) is 33.1 Å². The van der Waals surface area contributed by atoms with E-state index in [-0.39, 0.29) is 16.2 Å². The van der Waals surface area contributed by atoms with E-state index in [4.69, 9.17) is 4.74 Å². The van der Waals surface area contributed by atoms with Crippen molar-refractivity contribution in [2.24, 2.45) is 0 Å². The van der Waals surface area contributed by atoms with Gasteiger partial charge in [0.25, 0.3) is 5.69 Å². The van der Waals surface area contributed by atoms with Crippen molar-refractivity contribution in [3.8, 4) is 0 Å². The van der Waals surface area contributed by atoms with Crippen LogP contribution in [0.3, 0.4) is 0 Å². The van der Waals surface area contributed by atoms with E-state index in [9.17, 15) is 10.1 Å². The van der Waals surface area contributed by atoms with Crippen molar-refractivity contribution < 1.29 is 9.66 Å². The van der Waals surface area contributed by atoms with Gasteiger partial charge in [0.15, 0.2) is 0 Å². The van der Waals surface area contributed by atoms with Crippen LogP contribution < -0.4 is 5.32 Å². The summed E-state index contributed by atoms with van der Waals surface area (Å²) in [7, 11) is 0. The number of hydrogen-bond acceptors (Lipinski definition) is 5. The number of nitro groups is 1. The van der Waals surface area contributed by atoms with Crippen molar-refractivity contribution >= 4 is 5.69 Å². The Labute approximate surface area is 118 Å². The quantitative estimate of drug-likeness (QED) is 0.675. The Bertz CT molecular complexity index is 511.